The van der Waals surface area contributed by atoms with Crippen molar-refractivity contribution in [3.05, 3.63) is 30.1 Å². The molecule has 1 amide bonds. The Morgan fingerprint density at radius 2 is 1.50 bits per heavy atom. The summed E-state index contributed by atoms with van der Waals surface area (Å²) in [5.41, 5.74) is 1.30. The number of hydrogen-bond acceptors (Lipinski definition) is 4. The Morgan fingerprint density at radius 1 is 0.808 bits per heavy atom. The SMILES string of the molecule is O=C(CCN1CCCCCCC1)N1CCCN(Cc2ccncc2)CC1. The summed E-state index contributed by atoms with van der Waals surface area (Å²) in [6, 6.07) is 4.16. The van der Waals surface area contributed by atoms with E-state index < -0.39 is 0 Å². The summed E-state index contributed by atoms with van der Waals surface area (Å²) in [6.45, 7) is 8.06. The van der Waals surface area contributed by atoms with Crippen LogP contribution in [0, 0.1) is 0 Å². The molecular formula is C21H34N4O. The van der Waals surface area contributed by atoms with Gasteiger partial charge in [-0.15, -0.1) is 0 Å². The van der Waals surface area contributed by atoms with Crippen LogP contribution in [0.2, 0.25) is 0 Å². The lowest BCUT2D eigenvalue weighted by molar-refractivity contribution is -0.131. The topological polar surface area (TPSA) is 39.7 Å². The Kier molecular flexibility index (Phi) is 7.89. The van der Waals surface area contributed by atoms with Crippen LogP contribution in [0.1, 0.15) is 50.5 Å². The quantitative estimate of drug-likeness (QED) is 0.811. The van der Waals surface area contributed by atoms with Crippen LogP contribution in [0.5, 0.6) is 0 Å². The van der Waals surface area contributed by atoms with Crippen LogP contribution in [0.4, 0.5) is 0 Å². The van der Waals surface area contributed by atoms with Gasteiger partial charge in [-0.3, -0.25) is 14.7 Å². The van der Waals surface area contributed by atoms with E-state index in [0.29, 0.717) is 12.3 Å². The summed E-state index contributed by atoms with van der Waals surface area (Å²) in [4.78, 5) is 23.8. The fourth-order valence-electron chi connectivity index (χ4n) is 4.07. The highest BCUT2D eigenvalue weighted by Crippen LogP contribution is 2.12. The van der Waals surface area contributed by atoms with Gasteiger partial charge in [-0.25, -0.2) is 0 Å². The average molecular weight is 359 g/mol. The summed E-state index contributed by atoms with van der Waals surface area (Å²) in [6.07, 6.45) is 12.1. The summed E-state index contributed by atoms with van der Waals surface area (Å²) in [5.74, 6) is 0.345. The number of pyridine rings is 1. The second-order valence-electron chi connectivity index (χ2n) is 7.73. The molecule has 0 spiro atoms. The van der Waals surface area contributed by atoms with Crippen LogP contribution in [0.15, 0.2) is 24.5 Å². The molecule has 0 saturated carbocycles. The monoisotopic (exact) mass is 358 g/mol. The molecule has 3 heterocycles. The Morgan fingerprint density at radius 3 is 2.27 bits per heavy atom. The highest BCUT2D eigenvalue weighted by Gasteiger charge is 2.20. The molecule has 0 aromatic carbocycles. The maximum absolute atomic E-state index is 12.7. The van der Waals surface area contributed by atoms with Gasteiger partial charge < -0.3 is 9.80 Å². The lowest BCUT2D eigenvalue weighted by Crippen LogP contribution is -2.38. The van der Waals surface area contributed by atoms with Crippen molar-refractivity contribution < 1.29 is 4.79 Å². The van der Waals surface area contributed by atoms with Gasteiger partial charge in [-0.2, -0.15) is 0 Å². The van der Waals surface area contributed by atoms with E-state index in [1.807, 2.05) is 12.4 Å². The first kappa shape index (κ1) is 19.3. The zero-order valence-corrected chi connectivity index (χ0v) is 16.1. The van der Waals surface area contributed by atoms with Crippen LogP contribution in [-0.2, 0) is 11.3 Å². The molecule has 3 rings (SSSR count). The molecule has 5 nitrogen and oxygen atoms in total. The summed E-state index contributed by atoms with van der Waals surface area (Å²) < 4.78 is 0. The molecule has 0 bridgehead atoms. The van der Waals surface area contributed by atoms with Crippen molar-refractivity contribution >= 4 is 5.91 Å². The van der Waals surface area contributed by atoms with Crippen molar-refractivity contribution in [2.24, 2.45) is 0 Å². The zero-order valence-electron chi connectivity index (χ0n) is 16.1. The Balaban J connectivity index is 1.40. The van der Waals surface area contributed by atoms with E-state index in [0.717, 1.165) is 45.7 Å². The fourth-order valence-corrected chi connectivity index (χ4v) is 4.07. The molecule has 2 fully saturated rings. The van der Waals surface area contributed by atoms with Crippen LogP contribution < -0.4 is 0 Å². The lowest BCUT2D eigenvalue weighted by Gasteiger charge is -2.26. The van der Waals surface area contributed by atoms with Gasteiger partial charge in [0.25, 0.3) is 0 Å². The van der Waals surface area contributed by atoms with Crippen LogP contribution in [0.3, 0.4) is 0 Å². The number of carbonyl (C=O) groups excluding carboxylic acids is 1. The number of rotatable bonds is 5. The standard InChI is InChI=1S/C21H34N4O/c26-21(9-16-23-12-4-2-1-3-5-13-23)25-15-6-14-24(17-18-25)19-20-7-10-22-11-8-20/h7-8,10-11H,1-6,9,12-19H2. The molecule has 5 heteroatoms. The summed E-state index contributed by atoms with van der Waals surface area (Å²) in [5, 5.41) is 0. The van der Waals surface area contributed by atoms with Gasteiger partial charge in [-0.05, 0) is 50.0 Å². The molecule has 144 valence electrons. The van der Waals surface area contributed by atoms with Gasteiger partial charge in [0.2, 0.25) is 5.91 Å². The third kappa shape index (κ3) is 6.36. The van der Waals surface area contributed by atoms with Crippen LogP contribution in [-0.4, -0.2) is 71.4 Å². The van der Waals surface area contributed by atoms with E-state index in [2.05, 4.69) is 31.8 Å². The molecule has 0 radical (unpaired) electrons. The number of likely N-dealkylation sites (tertiary alicyclic amines) is 1. The van der Waals surface area contributed by atoms with E-state index in [-0.39, 0.29) is 0 Å². The normalized spacial score (nSPS) is 21.0. The van der Waals surface area contributed by atoms with Crippen molar-refractivity contribution in [2.45, 2.75) is 51.5 Å². The Hall–Kier alpha value is -1.46. The average Bonchev–Trinajstić information content (AvgIpc) is 2.87. The first-order valence-corrected chi connectivity index (χ1v) is 10.4. The van der Waals surface area contributed by atoms with Crippen molar-refractivity contribution in [2.75, 3.05) is 45.8 Å². The number of carbonyl (C=O) groups is 1. The molecule has 2 aliphatic heterocycles. The molecular weight excluding hydrogens is 324 g/mol. The predicted molar refractivity (Wildman–Crippen MR) is 105 cm³/mol. The van der Waals surface area contributed by atoms with Crippen molar-refractivity contribution in [1.29, 1.82) is 0 Å². The molecule has 0 unspecified atom stereocenters. The molecule has 2 saturated heterocycles. The van der Waals surface area contributed by atoms with Crippen molar-refractivity contribution in [3.63, 3.8) is 0 Å². The highest BCUT2D eigenvalue weighted by molar-refractivity contribution is 5.76. The molecule has 2 aliphatic rings. The Labute approximate surface area is 158 Å². The highest BCUT2D eigenvalue weighted by atomic mass is 16.2. The Bertz CT molecular complexity index is 528. The van der Waals surface area contributed by atoms with Gasteiger partial charge in [0.15, 0.2) is 0 Å². The van der Waals surface area contributed by atoms with Crippen LogP contribution in [0.25, 0.3) is 0 Å². The summed E-state index contributed by atoms with van der Waals surface area (Å²) >= 11 is 0. The van der Waals surface area contributed by atoms with E-state index >= 15 is 0 Å². The number of aromatic nitrogens is 1. The van der Waals surface area contributed by atoms with E-state index in [9.17, 15) is 4.79 Å². The molecule has 0 N–H and O–H groups in total. The number of hydrogen-bond donors (Lipinski definition) is 0. The lowest BCUT2D eigenvalue weighted by atomic mass is 10.1. The van der Waals surface area contributed by atoms with E-state index in [1.165, 1.54) is 50.8 Å². The minimum Gasteiger partial charge on any atom is -0.341 e. The second-order valence-corrected chi connectivity index (χ2v) is 7.73. The van der Waals surface area contributed by atoms with Gasteiger partial charge in [0.05, 0.1) is 0 Å². The molecule has 26 heavy (non-hydrogen) atoms. The number of amides is 1. The zero-order chi connectivity index (χ0) is 18.0. The smallest absolute Gasteiger partial charge is 0.223 e. The number of nitrogens with zero attached hydrogens (tertiary/aromatic N) is 4. The summed E-state index contributed by atoms with van der Waals surface area (Å²) in [7, 11) is 0. The van der Waals surface area contributed by atoms with Gasteiger partial charge >= 0.3 is 0 Å². The first-order valence-electron chi connectivity index (χ1n) is 10.4. The maximum atomic E-state index is 12.7. The van der Waals surface area contributed by atoms with Gasteiger partial charge in [0.1, 0.15) is 0 Å². The van der Waals surface area contributed by atoms with Gasteiger partial charge in [0, 0.05) is 58.1 Å². The van der Waals surface area contributed by atoms with Gasteiger partial charge in [-0.1, -0.05) is 19.3 Å². The van der Waals surface area contributed by atoms with E-state index in [4.69, 9.17) is 0 Å². The predicted octanol–water partition coefficient (Wildman–Crippen LogP) is 2.77. The fraction of sp³-hybridized carbons (Fsp3) is 0.714. The third-order valence-corrected chi connectivity index (χ3v) is 5.69. The molecule has 1 aromatic rings. The second kappa shape index (κ2) is 10.6. The first-order chi connectivity index (χ1) is 12.8. The van der Waals surface area contributed by atoms with E-state index in [1.54, 1.807) is 0 Å². The molecule has 1 aromatic heterocycles. The molecule has 0 aliphatic carbocycles. The minimum atomic E-state index is 0.345. The maximum Gasteiger partial charge on any atom is 0.223 e. The van der Waals surface area contributed by atoms with Crippen molar-refractivity contribution in [1.82, 2.24) is 19.7 Å². The van der Waals surface area contributed by atoms with Crippen LogP contribution >= 0.6 is 0 Å². The minimum absolute atomic E-state index is 0.345. The largest absolute Gasteiger partial charge is 0.341 e. The third-order valence-electron chi connectivity index (χ3n) is 5.69. The van der Waals surface area contributed by atoms with Crippen molar-refractivity contribution in [3.8, 4) is 0 Å². The molecule has 0 atom stereocenters.